The molecule has 2 aromatic rings. The number of hydrogen-bond acceptors (Lipinski definition) is 2. The first-order chi connectivity index (χ1) is 8.70. The quantitative estimate of drug-likeness (QED) is 0.849. The summed E-state index contributed by atoms with van der Waals surface area (Å²) in [6.07, 6.45) is 1.71. The first kappa shape index (κ1) is 12.7. The molecule has 0 aromatic heterocycles. The number of phenols is 1. The highest BCUT2D eigenvalue weighted by Gasteiger charge is 2.04. The molecule has 0 spiro atoms. The van der Waals surface area contributed by atoms with Gasteiger partial charge in [-0.05, 0) is 51.3 Å². The van der Waals surface area contributed by atoms with Crippen LogP contribution in [0.2, 0.25) is 0 Å². The number of ether oxygens (including phenoxy) is 1. The van der Waals surface area contributed by atoms with Crippen LogP contribution in [0.25, 0.3) is 11.1 Å². The van der Waals surface area contributed by atoms with Crippen LogP contribution < -0.4 is 4.74 Å². The van der Waals surface area contributed by atoms with Crippen LogP contribution >= 0.6 is 15.9 Å². The summed E-state index contributed by atoms with van der Waals surface area (Å²) in [5.74, 6) is 1.06. The van der Waals surface area contributed by atoms with Gasteiger partial charge in [0, 0.05) is 0 Å². The highest BCUT2D eigenvalue weighted by molar-refractivity contribution is 9.10. The fraction of sp³-hybridized carbons (Fsp3) is 0.0667. The predicted octanol–water partition coefficient (Wildman–Crippen LogP) is 4.39. The third-order valence-electron chi connectivity index (χ3n) is 2.49. The molecule has 2 nitrogen and oxygen atoms in total. The van der Waals surface area contributed by atoms with Crippen LogP contribution in [0.3, 0.4) is 0 Å². The van der Waals surface area contributed by atoms with Crippen LogP contribution in [0.15, 0.2) is 59.6 Å². The molecular weight excluding hydrogens is 292 g/mol. The van der Waals surface area contributed by atoms with Crippen molar-refractivity contribution in [1.82, 2.24) is 0 Å². The maximum absolute atomic E-state index is 9.26. The zero-order chi connectivity index (χ0) is 13.0. The number of rotatable bonds is 4. The monoisotopic (exact) mass is 304 g/mol. The first-order valence-electron chi connectivity index (χ1n) is 5.53. The lowest BCUT2D eigenvalue weighted by Gasteiger charge is -2.08. The summed E-state index contributed by atoms with van der Waals surface area (Å²) in [6, 6.07) is 13.0. The van der Waals surface area contributed by atoms with E-state index in [-0.39, 0.29) is 5.75 Å². The molecule has 0 heterocycles. The molecule has 0 saturated carbocycles. The van der Waals surface area contributed by atoms with E-state index in [0.717, 1.165) is 21.3 Å². The molecule has 1 N–H and O–H groups in total. The van der Waals surface area contributed by atoms with E-state index in [1.165, 1.54) is 0 Å². The van der Waals surface area contributed by atoms with Crippen molar-refractivity contribution in [2.75, 3.05) is 6.61 Å². The molecule has 0 bridgehead atoms. The zero-order valence-corrected chi connectivity index (χ0v) is 11.4. The Kier molecular flexibility index (Phi) is 4.05. The summed E-state index contributed by atoms with van der Waals surface area (Å²) in [5, 5.41) is 9.26. The first-order valence-corrected chi connectivity index (χ1v) is 6.32. The van der Waals surface area contributed by atoms with Gasteiger partial charge in [-0.2, -0.15) is 0 Å². The smallest absolute Gasteiger partial charge is 0.133 e. The number of phenolic OH excluding ortho intramolecular Hbond substituents is 1. The Labute approximate surface area is 115 Å². The van der Waals surface area contributed by atoms with Crippen LogP contribution in [-0.4, -0.2) is 11.7 Å². The zero-order valence-electron chi connectivity index (χ0n) is 9.77. The van der Waals surface area contributed by atoms with Gasteiger partial charge in [0.1, 0.15) is 18.1 Å². The lowest BCUT2D eigenvalue weighted by atomic mass is 10.1. The van der Waals surface area contributed by atoms with E-state index in [4.69, 9.17) is 4.74 Å². The second-order valence-corrected chi connectivity index (χ2v) is 4.65. The lowest BCUT2D eigenvalue weighted by molar-refractivity contribution is 0.361. The van der Waals surface area contributed by atoms with Crippen LogP contribution in [0.4, 0.5) is 0 Å². The molecule has 0 aliphatic carbocycles. The second kappa shape index (κ2) is 5.74. The average Bonchev–Trinajstić information content (AvgIpc) is 2.38. The molecule has 2 rings (SSSR count). The van der Waals surface area contributed by atoms with E-state index in [0.29, 0.717) is 6.61 Å². The SMILES string of the molecule is C=CCOc1ccc(-c2ccc(O)cc2)cc1Br. The molecule has 0 unspecified atom stereocenters. The summed E-state index contributed by atoms with van der Waals surface area (Å²) in [4.78, 5) is 0. The highest BCUT2D eigenvalue weighted by atomic mass is 79.9. The van der Waals surface area contributed by atoms with Gasteiger partial charge in [-0.25, -0.2) is 0 Å². The van der Waals surface area contributed by atoms with Gasteiger partial charge in [-0.3, -0.25) is 0 Å². The molecule has 0 fully saturated rings. The normalized spacial score (nSPS) is 10.1. The summed E-state index contributed by atoms with van der Waals surface area (Å²) >= 11 is 3.48. The number of benzene rings is 2. The van der Waals surface area contributed by atoms with Gasteiger partial charge in [0.25, 0.3) is 0 Å². The topological polar surface area (TPSA) is 29.5 Å². The molecule has 0 aliphatic heterocycles. The summed E-state index contributed by atoms with van der Waals surface area (Å²) in [7, 11) is 0. The van der Waals surface area contributed by atoms with Crippen molar-refractivity contribution in [2.45, 2.75) is 0 Å². The standard InChI is InChI=1S/C15H13BrO2/c1-2-9-18-15-8-5-12(10-14(15)16)11-3-6-13(17)7-4-11/h2-8,10,17H,1,9H2. The molecule has 0 aliphatic rings. The van der Waals surface area contributed by atoms with Gasteiger partial charge >= 0.3 is 0 Å². The van der Waals surface area contributed by atoms with Gasteiger partial charge in [0.05, 0.1) is 4.47 Å². The van der Waals surface area contributed by atoms with E-state index in [1.54, 1.807) is 18.2 Å². The van der Waals surface area contributed by atoms with Crippen molar-refractivity contribution in [3.63, 3.8) is 0 Å². The van der Waals surface area contributed by atoms with Crippen LogP contribution in [-0.2, 0) is 0 Å². The Hall–Kier alpha value is -1.74. The molecule has 0 atom stereocenters. The van der Waals surface area contributed by atoms with E-state index < -0.39 is 0 Å². The van der Waals surface area contributed by atoms with Crippen molar-refractivity contribution >= 4 is 15.9 Å². The molecule has 0 amide bonds. The second-order valence-electron chi connectivity index (χ2n) is 3.79. The fourth-order valence-electron chi connectivity index (χ4n) is 1.60. The van der Waals surface area contributed by atoms with Crippen molar-refractivity contribution < 1.29 is 9.84 Å². The minimum absolute atomic E-state index is 0.267. The lowest BCUT2D eigenvalue weighted by Crippen LogP contribution is -1.93. The number of aromatic hydroxyl groups is 1. The maximum atomic E-state index is 9.26. The maximum Gasteiger partial charge on any atom is 0.133 e. The van der Waals surface area contributed by atoms with E-state index in [1.807, 2.05) is 30.3 Å². The van der Waals surface area contributed by atoms with Gasteiger partial charge < -0.3 is 9.84 Å². The summed E-state index contributed by atoms with van der Waals surface area (Å²) < 4.78 is 6.39. The Morgan fingerprint density at radius 1 is 1.11 bits per heavy atom. The van der Waals surface area contributed by atoms with E-state index in [2.05, 4.69) is 22.5 Å². The van der Waals surface area contributed by atoms with Crippen LogP contribution in [0.5, 0.6) is 11.5 Å². The average molecular weight is 305 g/mol. The van der Waals surface area contributed by atoms with Gasteiger partial charge in [-0.1, -0.05) is 30.9 Å². The van der Waals surface area contributed by atoms with Crippen molar-refractivity contribution in [1.29, 1.82) is 0 Å². The predicted molar refractivity (Wildman–Crippen MR) is 76.9 cm³/mol. The third-order valence-corrected chi connectivity index (χ3v) is 3.11. The van der Waals surface area contributed by atoms with Crippen LogP contribution in [0, 0.1) is 0 Å². The number of halogens is 1. The van der Waals surface area contributed by atoms with Crippen molar-refractivity contribution in [3.05, 3.63) is 59.6 Å². The molecule has 0 saturated heterocycles. The van der Waals surface area contributed by atoms with Crippen molar-refractivity contribution in [3.8, 4) is 22.6 Å². The number of hydrogen-bond donors (Lipinski definition) is 1. The third kappa shape index (κ3) is 2.93. The molecule has 18 heavy (non-hydrogen) atoms. The fourth-order valence-corrected chi connectivity index (χ4v) is 2.09. The Morgan fingerprint density at radius 3 is 2.39 bits per heavy atom. The summed E-state index contributed by atoms with van der Waals surface area (Å²) in [6.45, 7) is 4.10. The van der Waals surface area contributed by atoms with E-state index in [9.17, 15) is 5.11 Å². The molecular formula is C15H13BrO2. The van der Waals surface area contributed by atoms with Crippen LogP contribution in [0.1, 0.15) is 0 Å². The largest absolute Gasteiger partial charge is 0.508 e. The van der Waals surface area contributed by atoms with Gasteiger partial charge in [0.15, 0.2) is 0 Å². The Bertz CT molecular complexity index is 547. The molecule has 0 radical (unpaired) electrons. The summed E-state index contributed by atoms with van der Waals surface area (Å²) in [5.41, 5.74) is 2.11. The Morgan fingerprint density at radius 2 is 1.78 bits per heavy atom. The van der Waals surface area contributed by atoms with E-state index >= 15 is 0 Å². The Balaban J connectivity index is 2.28. The van der Waals surface area contributed by atoms with Gasteiger partial charge in [0.2, 0.25) is 0 Å². The van der Waals surface area contributed by atoms with Gasteiger partial charge in [-0.15, -0.1) is 0 Å². The molecule has 2 aromatic carbocycles. The molecule has 3 heteroatoms. The minimum atomic E-state index is 0.267. The minimum Gasteiger partial charge on any atom is -0.508 e. The molecule has 92 valence electrons. The highest BCUT2D eigenvalue weighted by Crippen LogP contribution is 2.31. The van der Waals surface area contributed by atoms with Crippen molar-refractivity contribution in [2.24, 2.45) is 0 Å².